The third kappa shape index (κ3) is 3.04. The minimum absolute atomic E-state index is 0.00661. The maximum atomic E-state index is 13.7. The zero-order valence-corrected chi connectivity index (χ0v) is 18.1. The van der Waals surface area contributed by atoms with E-state index in [-0.39, 0.29) is 30.1 Å². The van der Waals surface area contributed by atoms with Crippen molar-refractivity contribution in [2.24, 2.45) is 0 Å². The number of fused-ring (bicyclic) bond motifs is 4. The van der Waals surface area contributed by atoms with E-state index >= 15 is 0 Å². The Labute approximate surface area is 190 Å². The van der Waals surface area contributed by atoms with Crippen molar-refractivity contribution in [2.45, 2.75) is 50.2 Å². The Morgan fingerprint density at radius 2 is 1.82 bits per heavy atom. The fourth-order valence-corrected chi connectivity index (χ4v) is 5.97. The molecule has 0 bridgehead atoms. The Morgan fingerprint density at radius 1 is 1.03 bits per heavy atom. The molecule has 3 heterocycles. The molecule has 1 N–H and O–H groups in total. The van der Waals surface area contributed by atoms with Gasteiger partial charge < -0.3 is 14.8 Å². The number of nitro groups is 1. The van der Waals surface area contributed by atoms with Crippen molar-refractivity contribution in [3.8, 4) is 0 Å². The zero-order chi connectivity index (χ0) is 22.7. The summed E-state index contributed by atoms with van der Waals surface area (Å²) in [6.45, 7) is 0.0704. The van der Waals surface area contributed by atoms with Gasteiger partial charge in [0.1, 0.15) is 12.6 Å². The van der Waals surface area contributed by atoms with Gasteiger partial charge in [0.25, 0.3) is 5.69 Å². The van der Waals surface area contributed by atoms with E-state index in [0.29, 0.717) is 12.0 Å². The van der Waals surface area contributed by atoms with Gasteiger partial charge in [0.15, 0.2) is 0 Å². The van der Waals surface area contributed by atoms with Gasteiger partial charge >= 0.3 is 0 Å². The molecule has 2 amide bonds. The van der Waals surface area contributed by atoms with Gasteiger partial charge in [-0.1, -0.05) is 43.2 Å². The first-order valence-electron chi connectivity index (χ1n) is 11.5. The van der Waals surface area contributed by atoms with Crippen LogP contribution in [0.15, 0.2) is 48.5 Å². The molecule has 0 radical (unpaired) electrons. The van der Waals surface area contributed by atoms with Gasteiger partial charge in [-0.3, -0.25) is 19.7 Å². The molecule has 2 aromatic carbocycles. The van der Waals surface area contributed by atoms with Crippen LogP contribution in [0.5, 0.6) is 0 Å². The first-order chi connectivity index (χ1) is 16.0. The number of rotatable bonds is 3. The molecule has 8 heteroatoms. The Bertz CT molecular complexity index is 1290. The van der Waals surface area contributed by atoms with Crippen LogP contribution in [0.4, 0.5) is 5.69 Å². The van der Waals surface area contributed by atoms with Crippen molar-refractivity contribution in [2.75, 3.05) is 6.54 Å². The number of amides is 2. The fourth-order valence-electron chi connectivity index (χ4n) is 5.97. The molecule has 1 aromatic heterocycles. The van der Waals surface area contributed by atoms with Crippen molar-refractivity contribution in [1.29, 1.82) is 0 Å². The summed E-state index contributed by atoms with van der Waals surface area (Å²) in [6.07, 6.45) is 4.50. The molecule has 3 aliphatic rings. The average molecular weight is 444 g/mol. The third-order valence-corrected chi connectivity index (χ3v) is 7.46. The fraction of sp³-hybridized carbons (Fsp3) is 0.360. The number of benzene rings is 2. The number of nitrogens with one attached hydrogen (secondary N) is 1. The summed E-state index contributed by atoms with van der Waals surface area (Å²) in [4.78, 5) is 45.2. The summed E-state index contributed by atoms with van der Waals surface area (Å²) < 4.78 is 0. The molecule has 3 aromatic rings. The molecular weight excluding hydrogens is 420 g/mol. The number of para-hydroxylation sites is 1. The summed E-state index contributed by atoms with van der Waals surface area (Å²) in [5.74, 6) is -0.111. The van der Waals surface area contributed by atoms with Crippen LogP contribution < -0.4 is 0 Å². The van der Waals surface area contributed by atoms with E-state index in [1.54, 1.807) is 21.9 Å². The number of aromatic amines is 1. The van der Waals surface area contributed by atoms with Crippen LogP contribution >= 0.6 is 0 Å². The first-order valence-corrected chi connectivity index (χ1v) is 11.5. The molecule has 1 saturated heterocycles. The molecular formula is C25H24N4O4. The summed E-state index contributed by atoms with van der Waals surface area (Å²) in [6, 6.07) is 13.3. The number of aromatic nitrogens is 1. The number of piperazine rings is 1. The van der Waals surface area contributed by atoms with E-state index in [2.05, 4.69) is 4.98 Å². The van der Waals surface area contributed by atoms with Gasteiger partial charge in [0, 0.05) is 41.2 Å². The molecule has 2 fully saturated rings. The Balaban J connectivity index is 1.52. The molecule has 2 atom stereocenters. The third-order valence-electron chi connectivity index (χ3n) is 7.46. The smallest absolute Gasteiger partial charge is 0.269 e. The highest BCUT2D eigenvalue weighted by molar-refractivity contribution is 5.97. The maximum absolute atomic E-state index is 13.7. The highest BCUT2D eigenvalue weighted by atomic mass is 16.6. The Kier molecular flexibility index (Phi) is 4.50. The highest BCUT2D eigenvalue weighted by Crippen LogP contribution is 2.43. The van der Waals surface area contributed by atoms with Crippen molar-refractivity contribution >= 4 is 28.4 Å². The molecule has 33 heavy (non-hydrogen) atoms. The molecule has 168 valence electrons. The number of H-pyrrole nitrogens is 1. The summed E-state index contributed by atoms with van der Waals surface area (Å²) in [7, 11) is 0. The minimum Gasteiger partial charge on any atom is -0.356 e. The summed E-state index contributed by atoms with van der Waals surface area (Å²) >= 11 is 0. The van der Waals surface area contributed by atoms with Crippen LogP contribution in [0, 0.1) is 10.1 Å². The van der Waals surface area contributed by atoms with Crippen LogP contribution in [-0.2, 0) is 16.0 Å². The number of non-ortho nitro benzene ring substituents is 1. The predicted octanol–water partition coefficient (Wildman–Crippen LogP) is 3.70. The van der Waals surface area contributed by atoms with Crippen LogP contribution in [-0.4, -0.2) is 50.1 Å². The second-order valence-corrected chi connectivity index (χ2v) is 9.24. The van der Waals surface area contributed by atoms with Crippen molar-refractivity contribution < 1.29 is 14.5 Å². The Hall–Kier alpha value is -3.68. The molecule has 2 aliphatic heterocycles. The topological polar surface area (TPSA) is 99.5 Å². The van der Waals surface area contributed by atoms with E-state index in [1.165, 1.54) is 12.1 Å². The van der Waals surface area contributed by atoms with Gasteiger partial charge in [-0.15, -0.1) is 0 Å². The van der Waals surface area contributed by atoms with E-state index in [9.17, 15) is 19.7 Å². The van der Waals surface area contributed by atoms with Gasteiger partial charge in [-0.2, -0.15) is 0 Å². The highest BCUT2D eigenvalue weighted by Gasteiger charge is 2.49. The number of hydrogen-bond donors (Lipinski definition) is 1. The van der Waals surface area contributed by atoms with Gasteiger partial charge in [-0.05, 0) is 30.0 Å². The molecule has 8 nitrogen and oxygen atoms in total. The summed E-state index contributed by atoms with van der Waals surface area (Å²) in [5.41, 5.74) is 3.39. The average Bonchev–Trinajstić information content (AvgIpc) is 3.48. The minimum atomic E-state index is -0.609. The maximum Gasteiger partial charge on any atom is 0.269 e. The first kappa shape index (κ1) is 20.0. The number of hydrogen-bond acceptors (Lipinski definition) is 4. The number of carbonyl (C=O) groups is 2. The van der Waals surface area contributed by atoms with Crippen LogP contribution in [0.25, 0.3) is 10.9 Å². The van der Waals surface area contributed by atoms with E-state index in [0.717, 1.165) is 47.8 Å². The summed E-state index contributed by atoms with van der Waals surface area (Å²) in [5, 5.41) is 12.5. The van der Waals surface area contributed by atoms with Crippen LogP contribution in [0.1, 0.15) is 48.5 Å². The molecule has 1 saturated carbocycles. The van der Waals surface area contributed by atoms with Gasteiger partial charge in [0.2, 0.25) is 11.8 Å². The van der Waals surface area contributed by atoms with E-state index in [4.69, 9.17) is 0 Å². The lowest BCUT2D eigenvalue weighted by atomic mass is 9.85. The Morgan fingerprint density at radius 3 is 2.61 bits per heavy atom. The second-order valence-electron chi connectivity index (χ2n) is 9.24. The van der Waals surface area contributed by atoms with Gasteiger partial charge in [0.05, 0.1) is 11.0 Å². The van der Waals surface area contributed by atoms with Crippen molar-refractivity contribution in [1.82, 2.24) is 14.8 Å². The SMILES string of the molecule is O=C1[C@@H]2Cc3c([nH]c4ccccc34)[C@H](c3cccc([N+](=O)[O-])c3)N2C(=O)CN1C1CCCC1. The standard InChI is InChI=1S/C25H24N4O4/c30-22-14-27(16-7-1-2-8-16)25(31)21-13-19-18-10-3-4-11-20(18)26-23(19)24(28(21)22)15-6-5-9-17(12-15)29(32)33/h3-6,9-12,16,21,24,26H,1-2,7-8,13-14H2/t21-,24-/m0/s1. The lowest BCUT2D eigenvalue weighted by Crippen LogP contribution is -2.64. The van der Waals surface area contributed by atoms with Crippen LogP contribution in [0.3, 0.4) is 0 Å². The number of nitro benzene ring substituents is 1. The predicted molar refractivity (Wildman–Crippen MR) is 122 cm³/mol. The molecule has 6 rings (SSSR count). The van der Waals surface area contributed by atoms with E-state index < -0.39 is 17.0 Å². The largest absolute Gasteiger partial charge is 0.356 e. The lowest BCUT2D eigenvalue weighted by Gasteiger charge is -2.48. The monoisotopic (exact) mass is 444 g/mol. The molecule has 0 unspecified atom stereocenters. The normalized spacial score (nSPS) is 23.2. The lowest BCUT2D eigenvalue weighted by molar-refractivity contribution is -0.384. The molecule has 0 spiro atoms. The quantitative estimate of drug-likeness (QED) is 0.492. The number of nitrogens with zero attached hydrogens (tertiary/aromatic N) is 3. The van der Waals surface area contributed by atoms with Crippen molar-refractivity contribution in [3.63, 3.8) is 0 Å². The zero-order valence-electron chi connectivity index (χ0n) is 18.1. The van der Waals surface area contributed by atoms with E-state index in [1.807, 2.05) is 24.3 Å². The van der Waals surface area contributed by atoms with Gasteiger partial charge in [-0.25, -0.2) is 0 Å². The molecule has 1 aliphatic carbocycles. The van der Waals surface area contributed by atoms with Crippen molar-refractivity contribution in [3.05, 3.63) is 75.5 Å². The van der Waals surface area contributed by atoms with Crippen LogP contribution in [0.2, 0.25) is 0 Å². The number of carbonyl (C=O) groups excluding carboxylic acids is 2. The second kappa shape index (κ2) is 7.43.